The maximum atomic E-state index is 12.7. The van der Waals surface area contributed by atoms with Gasteiger partial charge in [-0.15, -0.1) is 0 Å². The van der Waals surface area contributed by atoms with Crippen molar-refractivity contribution in [2.45, 2.75) is 39.2 Å². The maximum absolute atomic E-state index is 12.7. The highest BCUT2D eigenvalue weighted by molar-refractivity contribution is 5.95. The van der Waals surface area contributed by atoms with Gasteiger partial charge in [-0.1, -0.05) is 26.0 Å². The number of carbonyl (C=O) groups is 3. The summed E-state index contributed by atoms with van der Waals surface area (Å²) in [6.45, 7) is 6.44. The van der Waals surface area contributed by atoms with Gasteiger partial charge in [0.2, 0.25) is 11.8 Å². The van der Waals surface area contributed by atoms with Crippen LogP contribution >= 0.6 is 0 Å². The Balaban J connectivity index is 1.53. The molecule has 0 bridgehead atoms. The quantitative estimate of drug-likeness (QED) is 0.887. The Hall–Kier alpha value is -2.37. The van der Waals surface area contributed by atoms with Crippen molar-refractivity contribution in [2.24, 2.45) is 5.92 Å². The predicted molar refractivity (Wildman–Crippen MR) is 98.6 cm³/mol. The van der Waals surface area contributed by atoms with E-state index in [1.807, 2.05) is 24.3 Å². The highest BCUT2D eigenvalue weighted by Crippen LogP contribution is 2.15. The predicted octanol–water partition coefficient (Wildman–Crippen LogP) is 1.45. The number of amides is 3. The van der Waals surface area contributed by atoms with Crippen molar-refractivity contribution in [1.29, 1.82) is 0 Å². The van der Waals surface area contributed by atoms with Crippen molar-refractivity contribution < 1.29 is 14.4 Å². The molecule has 2 aliphatic rings. The van der Waals surface area contributed by atoms with Gasteiger partial charge in [0.15, 0.2) is 0 Å². The number of hydrogen-bond acceptors (Lipinski definition) is 3. The van der Waals surface area contributed by atoms with Crippen molar-refractivity contribution in [1.82, 2.24) is 15.1 Å². The SMILES string of the molecule is CC(C)Cc1ccc(C(=O)N2CCN(C(=O)C3CCC(=O)N3)CC2)cc1. The largest absolute Gasteiger partial charge is 0.344 e. The molecule has 1 N–H and O–H groups in total. The molecule has 3 rings (SSSR count). The van der Waals surface area contributed by atoms with E-state index in [1.165, 1.54) is 5.56 Å². The summed E-state index contributed by atoms with van der Waals surface area (Å²) in [5.41, 5.74) is 1.94. The lowest BCUT2D eigenvalue weighted by Gasteiger charge is -2.36. The highest BCUT2D eigenvalue weighted by atomic mass is 16.2. The Morgan fingerprint density at radius 3 is 2.23 bits per heavy atom. The van der Waals surface area contributed by atoms with Gasteiger partial charge < -0.3 is 15.1 Å². The topological polar surface area (TPSA) is 69.7 Å². The third-order valence-corrected chi connectivity index (χ3v) is 5.02. The number of piperazine rings is 1. The Kier molecular flexibility index (Phi) is 5.59. The minimum Gasteiger partial charge on any atom is -0.344 e. The van der Waals surface area contributed by atoms with Gasteiger partial charge in [-0.05, 0) is 36.5 Å². The Morgan fingerprint density at radius 1 is 1.08 bits per heavy atom. The molecule has 1 unspecified atom stereocenters. The van der Waals surface area contributed by atoms with Crippen LogP contribution in [0.3, 0.4) is 0 Å². The second kappa shape index (κ2) is 7.89. The van der Waals surface area contributed by atoms with Gasteiger partial charge in [0.1, 0.15) is 6.04 Å². The summed E-state index contributed by atoms with van der Waals surface area (Å²) in [7, 11) is 0. The summed E-state index contributed by atoms with van der Waals surface area (Å²) in [5, 5.41) is 2.72. The molecule has 0 spiro atoms. The van der Waals surface area contributed by atoms with Crippen molar-refractivity contribution in [2.75, 3.05) is 26.2 Å². The van der Waals surface area contributed by atoms with Crippen molar-refractivity contribution in [3.63, 3.8) is 0 Å². The molecule has 2 saturated heterocycles. The van der Waals surface area contributed by atoms with Crippen LogP contribution in [0, 0.1) is 5.92 Å². The average molecular weight is 357 g/mol. The summed E-state index contributed by atoms with van der Waals surface area (Å²) in [6.07, 6.45) is 1.99. The van der Waals surface area contributed by atoms with Gasteiger partial charge in [-0.3, -0.25) is 14.4 Å². The van der Waals surface area contributed by atoms with E-state index in [1.54, 1.807) is 9.80 Å². The van der Waals surface area contributed by atoms with Crippen LogP contribution in [0.4, 0.5) is 0 Å². The van der Waals surface area contributed by atoms with Crippen LogP contribution in [0.5, 0.6) is 0 Å². The Labute approximate surface area is 154 Å². The number of nitrogens with one attached hydrogen (secondary N) is 1. The second-order valence-corrected chi connectivity index (χ2v) is 7.57. The van der Waals surface area contributed by atoms with E-state index >= 15 is 0 Å². The monoisotopic (exact) mass is 357 g/mol. The molecule has 0 aliphatic carbocycles. The second-order valence-electron chi connectivity index (χ2n) is 7.57. The van der Waals surface area contributed by atoms with Gasteiger partial charge >= 0.3 is 0 Å². The molecule has 2 heterocycles. The lowest BCUT2D eigenvalue weighted by molar-refractivity contribution is -0.135. The fraction of sp³-hybridized carbons (Fsp3) is 0.550. The van der Waals surface area contributed by atoms with Crippen molar-refractivity contribution in [3.05, 3.63) is 35.4 Å². The van der Waals surface area contributed by atoms with Gasteiger partial charge in [-0.2, -0.15) is 0 Å². The Bertz CT molecular complexity index is 676. The van der Waals surface area contributed by atoms with E-state index < -0.39 is 6.04 Å². The number of rotatable bonds is 4. The summed E-state index contributed by atoms with van der Waals surface area (Å²) in [4.78, 5) is 39.9. The first-order valence-corrected chi connectivity index (χ1v) is 9.40. The van der Waals surface area contributed by atoms with E-state index in [-0.39, 0.29) is 17.7 Å². The van der Waals surface area contributed by atoms with Crippen LogP contribution in [0.15, 0.2) is 24.3 Å². The molecule has 1 atom stereocenters. The molecule has 1 aromatic carbocycles. The van der Waals surface area contributed by atoms with Gasteiger partial charge in [0.05, 0.1) is 0 Å². The average Bonchev–Trinajstić information content (AvgIpc) is 3.07. The van der Waals surface area contributed by atoms with Gasteiger partial charge in [0.25, 0.3) is 5.91 Å². The molecule has 2 aliphatic heterocycles. The van der Waals surface area contributed by atoms with E-state index in [4.69, 9.17) is 0 Å². The molecule has 0 radical (unpaired) electrons. The van der Waals surface area contributed by atoms with Crippen LogP contribution in [-0.4, -0.2) is 59.7 Å². The van der Waals surface area contributed by atoms with Crippen LogP contribution in [0.1, 0.15) is 42.6 Å². The fourth-order valence-electron chi connectivity index (χ4n) is 3.59. The smallest absolute Gasteiger partial charge is 0.253 e. The first-order chi connectivity index (χ1) is 12.4. The van der Waals surface area contributed by atoms with E-state index in [9.17, 15) is 14.4 Å². The lowest BCUT2D eigenvalue weighted by atomic mass is 10.0. The fourth-order valence-corrected chi connectivity index (χ4v) is 3.59. The van der Waals surface area contributed by atoms with E-state index in [0.29, 0.717) is 50.5 Å². The van der Waals surface area contributed by atoms with Crippen LogP contribution in [0.2, 0.25) is 0 Å². The molecule has 0 aromatic heterocycles. The van der Waals surface area contributed by atoms with Crippen molar-refractivity contribution >= 4 is 17.7 Å². The molecule has 6 heteroatoms. The molecule has 3 amide bonds. The standard InChI is InChI=1S/C20H27N3O3/c1-14(2)13-15-3-5-16(6-4-15)19(25)22-9-11-23(12-10-22)20(26)17-7-8-18(24)21-17/h3-6,14,17H,7-13H2,1-2H3,(H,21,24). The summed E-state index contributed by atoms with van der Waals surface area (Å²) in [5.74, 6) is 0.522. The number of carbonyl (C=O) groups excluding carboxylic acids is 3. The lowest BCUT2D eigenvalue weighted by Crippen LogP contribution is -2.54. The Morgan fingerprint density at radius 2 is 1.69 bits per heavy atom. The molecule has 140 valence electrons. The van der Waals surface area contributed by atoms with E-state index in [0.717, 1.165) is 6.42 Å². The maximum Gasteiger partial charge on any atom is 0.253 e. The van der Waals surface area contributed by atoms with Crippen LogP contribution in [-0.2, 0) is 16.0 Å². The normalized spacial score (nSPS) is 20.4. The van der Waals surface area contributed by atoms with Gasteiger partial charge in [0, 0.05) is 38.2 Å². The minimum atomic E-state index is -0.391. The first-order valence-electron chi connectivity index (χ1n) is 9.40. The number of benzene rings is 1. The molecular formula is C20H27N3O3. The number of nitrogens with zero attached hydrogens (tertiary/aromatic N) is 2. The third kappa shape index (κ3) is 4.23. The van der Waals surface area contributed by atoms with Crippen LogP contribution in [0.25, 0.3) is 0 Å². The van der Waals surface area contributed by atoms with Crippen molar-refractivity contribution in [3.8, 4) is 0 Å². The molecule has 0 saturated carbocycles. The minimum absolute atomic E-state index is 0.0161. The number of hydrogen-bond donors (Lipinski definition) is 1. The van der Waals surface area contributed by atoms with Gasteiger partial charge in [-0.25, -0.2) is 0 Å². The summed E-state index contributed by atoms with van der Waals surface area (Å²) >= 11 is 0. The third-order valence-electron chi connectivity index (χ3n) is 5.02. The molecule has 1 aromatic rings. The molecule has 6 nitrogen and oxygen atoms in total. The summed E-state index contributed by atoms with van der Waals surface area (Å²) in [6, 6.07) is 7.45. The van der Waals surface area contributed by atoms with E-state index in [2.05, 4.69) is 19.2 Å². The first kappa shape index (κ1) is 18.4. The zero-order valence-electron chi connectivity index (χ0n) is 15.5. The molecule has 2 fully saturated rings. The zero-order valence-corrected chi connectivity index (χ0v) is 15.5. The van der Waals surface area contributed by atoms with Crippen LogP contribution < -0.4 is 5.32 Å². The summed E-state index contributed by atoms with van der Waals surface area (Å²) < 4.78 is 0. The zero-order chi connectivity index (χ0) is 18.7. The molecular weight excluding hydrogens is 330 g/mol. The molecule has 26 heavy (non-hydrogen) atoms. The highest BCUT2D eigenvalue weighted by Gasteiger charge is 2.33.